The predicted octanol–water partition coefficient (Wildman–Crippen LogP) is 3.85. The zero-order valence-corrected chi connectivity index (χ0v) is 13.6. The first-order chi connectivity index (χ1) is 10.1. The van der Waals surface area contributed by atoms with Gasteiger partial charge in [0.05, 0.1) is 13.4 Å². The highest BCUT2D eigenvalue weighted by Gasteiger charge is 2.19. The highest BCUT2D eigenvalue weighted by atomic mass is 35.5. The Kier molecular flexibility index (Phi) is 5.26. The third kappa shape index (κ3) is 3.39. The zero-order chi connectivity index (χ0) is 15.4. The number of nitrogens with zero attached hydrogens (tertiary/aromatic N) is 1. The van der Waals surface area contributed by atoms with Gasteiger partial charge in [0.15, 0.2) is 5.22 Å². The molecule has 0 saturated carbocycles. The number of rotatable bonds is 6. The molecule has 5 heteroatoms. The molecular formula is C16H21ClN2O2. The number of hydrogen-bond donors (Lipinski definition) is 1. The Morgan fingerprint density at radius 1 is 1.43 bits per heavy atom. The minimum atomic E-state index is 0.0693. The Balaban J connectivity index is 2.32. The van der Waals surface area contributed by atoms with E-state index in [4.69, 9.17) is 20.8 Å². The van der Waals surface area contributed by atoms with Crippen LogP contribution >= 0.6 is 11.6 Å². The van der Waals surface area contributed by atoms with Crippen LogP contribution in [0.25, 0.3) is 0 Å². The van der Waals surface area contributed by atoms with Gasteiger partial charge in [-0.15, -0.1) is 0 Å². The van der Waals surface area contributed by atoms with Gasteiger partial charge in [0, 0.05) is 41.0 Å². The second kappa shape index (κ2) is 6.96. The minimum Gasteiger partial charge on any atom is -0.496 e. The first-order valence-electron chi connectivity index (χ1n) is 7.03. The lowest BCUT2D eigenvalue weighted by atomic mass is 10.0. The van der Waals surface area contributed by atoms with Crippen molar-refractivity contribution in [2.24, 2.45) is 0 Å². The fraction of sp³-hybridized carbons (Fsp3) is 0.438. The predicted molar refractivity (Wildman–Crippen MR) is 84.1 cm³/mol. The molecule has 0 bridgehead atoms. The molecule has 2 rings (SSSR count). The van der Waals surface area contributed by atoms with E-state index in [2.05, 4.69) is 17.2 Å². The highest BCUT2D eigenvalue weighted by Crippen LogP contribution is 2.30. The zero-order valence-electron chi connectivity index (χ0n) is 12.9. The number of pyridine rings is 1. The molecule has 21 heavy (non-hydrogen) atoms. The number of likely N-dealkylation sites (N-methyl/N-ethyl adjacent to an activating group) is 1. The third-order valence-electron chi connectivity index (χ3n) is 3.62. The van der Waals surface area contributed by atoms with Crippen LogP contribution in [-0.4, -0.2) is 18.6 Å². The minimum absolute atomic E-state index is 0.0693. The molecule has 0 fully saturated rings. The quantitative estimate of drug-likeness (QED) is 0.880. The van der Waals surface area contributed by atoms with Gasteiger partial charge in [0.1, 0.15) is 5.75 Å². The van der Waals surface area contributed by atoms with Gasteiger partial charge in [-0.1, -0.05) is 6.92 Å². The lowest BCUT2D eigenvalue weighted by Gasteiger charge is -2.19. The van der Waals surface area contributed by atoms with Crippen molar-refractivity contribution in [3.63, 3.8) is 0 Å². The van der Waals surface area contributed by atoms with E-state index in [9.17, 15) is 0 Å². The van der Waals surface area contributed by atoms with E-state index >= 15 is 0 Å². The Morgan fingerprint density at radius 3 is 2.76 bits per heavy atom. The first kappa shape index (κ1) is 15.9. The van der Waals surface area contributed by atoms with Gasteiger partial charge in [-0.3, -0.25) is 4.98 Å². The summed E-state index contributed by atoms with van der Waals surface area (Å²) in [7, 11) is 1.69. The van der Waals surface area contributed by atoms with Crippen LogP contribution in [0.4, 0.5) is 0 Å². The van der Waals surface area contributed by atoms with Gasteiger partial charge in [-0.05, 0) is 38.1 Å². The topological polar surface area (TPSA) is 47.3 Å². The molecule has 1 atom stereocenters. The molecule has 0 aromatic carbocycles. The Hall–Kier alpha value is -1.52. The van der Waals surface area contributed by atoms with Crippen LogP contribution < -0.4 is 10.1 Å². The van der Waals surface area contributed by atoms with Crippen LogP contribution in [0, 0.1) is 13.8 Å². The molecule has 2 aromatic rings. The van der Waals surface area contributed by atoms with E-state index < -0.39 is 0 Å². The standard InChI is InChI=1S/C16H21ClN2O2/c1-5-18-14(12-6-7-21-16(12)17)8-13-11(3)15(20-4)10(2)9-19-13/h6-7,9,14,18H,5,8H2,1-4H3. The number of furan rings is 1. The molecule has 0 saturated heterocycles. The van der Waals surface area contributed by atoms with Gasteiger partial charge < -0.3 is 14.5 Å². The van der Waals surface area contributed by atoms with Crippen molar-refractivity contribution in [2.45, 2.75) is 33.2 Å². The number of hydrogen-bond acceptors (Lipinski definition) is 4. The lowest BCUT2D eigenvalue weighted by molar-refractivity contribution is 0.406. The molecule has 114 valence electrons. The Morgan fingerprint density at radius 2 is 2.19 bits per heavy atom. The van der Waals surface area contributed by atoms with E-state index in [-0.39, 0.29) is 6.04 Å². The molecule has 2 aromatic heterocycles. The SMILES string of the molecule is CCNC(Cc1ncc(C)c(OC)c1C)c1ccoc1Cl. The second-order valence-corrected chi connectivity index (χ2v) is 5.35. The maximum atomic E-state index is 6.11. The monoisotopic (exact) mass is 308 g/mol. The normalized spacial score (nSPS) is 12.4. The summed E-state index contributed by atoms with van der Waals surface area (Å²) in [6.07, 6.45) is 4.19. The molecule has 0 amide bonds. The fourth-order valence-corrected chi connectivity index (χ4v) is 2.81. The van der Waals surface area contributed by atoms with Gasteiger partial charge in [-0.25, -0.2) is 0 Å². The molecular weight excluding hydrogens is 288 g/mol. The van der Waals surface area contributed by atoms with E-state index in [1.807, 2.05) is 26.1 Å². The van der Waals surface area contributed by atoms with Crippen LogP contribution in [0.3, 0.4) is 0 Å². The van der Waals surface area contributed by atoms with Crippen molar-refractivity contribution >= 4 is 11.6 Å². The summed E-state index contributed by atoms with van der Waals surface area (Å²) in [5, 5.41) is 3.86. The van der Waals surface area contributed by atoms with E-state index in [0.29, 0.717) is 5.22 Å². The molecule has 0 radical (unpaired) electrons. The summed E-state index contributed by atoms with van der Waals surface area (Å²) in [5.74, 6) is 0.897. The largest absolute Gasteiger partial charge is 0.496 e. The van der Waals surface area contributed by atoms with E-state index in [0.717, 1.165) is 41.1 Å². The van der Waals surface area contributed by atoms with Crippen LogP contribution in [0.15, 0.2) is 22.9 Å². The van der Waals surface area contributed by atoms with Crippen LogP contribution in [-0.2, 0) is 6.42 Å². The second-order valence-electron chi connectivity index (χ2n) is 5.01. The fourth-order valence-electron chi connectivity index (χ4n) is 2.56. The average molecular weight is 309 g/mol. The van der Waals surface area contributed by atoms with Crippen molar-refractivity contribution in [3.05, 3.63) is 46.1 Å². The average Bonchev–Trinajstić information content (AvgIpc) is 2.88. The molecule has 0 aliphatic carbocycles. The molecule has 1 unspecified atom stereocenters. The number of methoxy groups -OCH3 is 1. The van der Waals surface area contributed by atoms with Gasteiger partial charge in [-0.2, -0.15) is 0 Å². The first-order valence-corrected chi connectivity index (χ1v) is 7.41. The van der Waals surface area contributed by atoms with Gasteiger partial charge in [0.25, 0.3) is 0 Å². The molecule has 4 nitrogen and oxygen atoms in total. The molecule has 0 spiro atoms. The maximum Gasteiger partial charge on any atom is 0.197 e. The van der Waals surface area contributed by atoms with Crippen LogP contribution in [0.5, 0.6) is 5.75 Å². The van der Waals surface area contributed by atoms with Crippen LogP contribution in [0.1, 0.15) is 35.3 Å². The Labute approximate surface area is 130 Å². The number of halogens is 1. The van der Waals surface area contributed by atoms with E-state index in [1.54, 1.807) is 13.4 Å². The summed E-state index contributed by atoms with van der Waals surface area (Å²) in [5.41, 5.74) is 4.07. The van der Waals surface area contributed by atoms with Crippen molar-refractivity contribution in [3.8, 4) is 5.75 Å². The van der Waals surface area contributed by atoms with Crippen molar-refractivity contribution < 1.29 is 9.15 Å². The van der Waals surface area contributed by atoms with Gasteiger partial charge in [0.2, 0.25) is 0 Å². The summed E-state index contributed by atoms with van der Waals surface area (Å²) in [6.45, 7) is 6.94. The smallest absolute Gasteiger partial charge is 0.197 e. The van der Waals surface area contributed by atoms with Crippen LogP contribution in [0.2, 0.25) is 5.22 Å². The molecule has 0 aliphatic rings. The number of aryl methyl sites for hydroxylation is 1. The Bertz CT molecular complexity index is 610. The highest BCUT2D eigenvalue weighted by molar-refractivity contribution is 6.29. The number of nitrogens with one attached hydrogen (secondary N) is 1. The summed E-state index contributed by atoms with van der Waals surface area (Å²) in [6, 6.07) is 1.97. The number of aromatic nitrogens is 1. The summed E-state index contributed by atoms with van der Waals surface area (Å²) in [4.78, 5) is 4.55. The third-order valence-corrected chi connectivity index (χ3v) is 3.93. The van der Waals surface area contributed by atoms with E-state index in [1.165, 1.54) is 0 Å². The van der Waals surface area contributed by atoms with Crippen molar-refractivity contribution in [1.29, 1.82) is 0 Å². The summed E-state index contributed by atoms with van der Waals surface area (Å²) >= 11 is 6.11. The number of ether oxygens (including phenoxy) is 1. The molecule has 1 N–H and O–H groups in total. The van der Waals surface area contributed by atoms with Crippen molar-refractivity contribution in [2.75, 3.05) is 13.7 Å². The lowest BCUT2D eigenvalue weighted by Crippen LogP contribution is -2.23. The maximum absolute atomic E-state index is 6.11. The summed E-state index contributed by atoms with van der Waals surface area (Å²) < 4.78 is 10.7. The molecule has 2 heterocycles. The van der Waals surface area contributed by atoms with Crippen molar-refractivity contribution in [1.82, 2.24) is 10.3 Å². The molecule has 0 aliphatic heterocycles. The van der Waals surface area contributed by atoms with Gasteiger partial charge >= 0.3 is 0 Å².